The Labute approximate surface area is 122 Å². The van der Waals surface area contributed by atoms with E-state index < -0.39 is 5.60 Å². The van der Waals surface area contributed by atoms with Crippen LogP contribution in [0.5, 0.6) is 5.75 Å². The van der Waals surface area contributed by atoms with Crippen LogP contribution in [0, 0.1) is 6.92 Å². The van der Waals surface area contributed by atoms with E-state index in [1.165, 1.54) is 0 Å². The van der Waals surface area contributed by atoms with Gasteiger partial charge in [-0.05, 0) is 30.7 Å². The maximum atomic E-state index is 9.47. The molecular formula is C15H18N2O4. The van der Waals surface area contributed by atoms with Crippen molar-refractivity contribution < 1.29 is 19.1 Å². The Morgan fingerprint density at radius 2 is 2.05 bits per heavy atom. The number of rotatable bonds is 3. The lowest BCUT2D eigenvalue weighted by Gasteiger charge is -2.32. The highest BCUT2D eigenvalue weighted by Gasteiger charge is 2.39. The first kappa shape index (κ1) is 14.0. The summed E-state index contributed by atoms with van der Waals surface area (Å²) in [6.45, 7) is 3.13. The summed E-state index contributed by atoms with van der Waals surface area (Å²) in [5, 5.41) is 13.6. The normalized spacial score (nSPS) is 17.8. The SMILES string of the molecule is COC1(c2noc(-c3ccc(O)cc3C)n2)CCOCC1. The molecule has 2 aromatic rings. The lowest BCUT2D eigenvalue weighted by molar-refractivity contribution is -0.101. The number of methoxy groups -OCH3 is 1. The first-order valence-electron chi connectivity index (χ1n) is 6.92. The van der Waals surface area contributed by atoms with E-state index in [1.54, 1.807) is 25.3 Å². The Hall–Kier alpha value is -1.92. The quantitative estimate of drug-likeness (QED) is 0.935. The molecule has 1 fully saturated rings. The minimum absolute atomic E-state index is 0.216. The van der Waals surface area contributed by atoms with Crippen molar-refractivity contribution >= 4 is 0 Å². The highest BCUT2D eigenvalue weighted by Crippen LogP contribution is 2.35. The number of aromatic hydroxyl groups is 1. The fourth-order valence-corrected chi connectivity index (χ4v) is 2.63. The highest BCUT2D eigenvalue weighted by atomic mass is 16.5. The molecule has 0 radical (unpaired) electrons. The van der Waals surface area contributed by atoms with Crippen LogP contribution < -0.4 is 0 Å². The summed E-state index contributed by atoms with van der Waals surface area (Å²) >= 11 is 0. The van der Waals surface area contributed by atoms with E-state index in [0.717, 1.165) is 11.1 Å². The van der Waals surface area contributed by atoms with Gasteiger partial charge >= 0.3 is 0 Å². The van der Waals surface area contributed by atoms with Crippen molar-refractivity contribution in [3.63, 3.8) is 0 Å². The second-order valence-corrected chi connectivity index (χ2v) is 5.23. The molecule has 21 heavy (non-hydrogen) atoms. The van der Waals surface area contributed by atoms with Crippen molar-refractivity contribution in [3.05, 3.63) is 29.6 Å². The average molecular weight is 290 g/mol. The molecule has 0 bridgehead atoms. The Kier molecular flexibility index (Phi) is 3.65. The molecule has 0 unspecified atom stereocenters. The fourth-order valence-electron chi connectivity index (χ4n) is 2.63. The number of aromatic nitrogens is 2. The molecular weight excluding hydrogens is 272 g/mol. The molecule has 6 heteroatoms. The summed E-state index contributed by atoms with van der Waals surface area (Å²) in [6, 6.07) is 5.04. The summed E-state index contributed by atoms with van der Waals surface area (Å²) in [5.74, 6) is 1.20. The van der Waals surface area contributed by atoms with Gasteiger partial charge in [0, 0.05) is 38.7 Å². The molecule has 1 aromatic carbocycles. The molecule has 1 saturated heterocycles. The summed E-state index contributed by atoms with van der Waals surface area (Å²) < 4.78 is 16.4. The Morgan fingerprint density at radius 1 is 1.29 bits per heavy atom. The largest absolute Gasteiger partial charge is 0.508 e. The molecule has 0 atom stereocenters. The molecule has 1 aliphatic rings. The number of hydrogen-bond donors (Lipinski definition) is 1. The Bertz CT molecular complexity index is 632. The monoisotopic (exact) mass is 290 g/mol. The van der Waals surface area contributed by atoms with Crippen LogP contribution in [-0.4, -0.2) is 35.6 Å². The van der Waals surface area contributed by atoms with Gasteiger partial charge in [0.15, 0.2) is 0 Å². The predicted molar refractivity (Wildman–Crippen MR) is 74.9 cm³/mol. The van der Waals surface area contributed by atoms with Gasteiger partial charge in [0.05, 0.1) is 0 Å². The van der Waals surface area contributed by atoms with Crippen LogP contribution in [-0.2, 0) is 15.1 Å². The van der Waals surface area contributed by atoms with Crippen molar-refractivity contribution in [2.45, 2.75) is 25.4 Å². The van der Waals surface area contributed by atoms with E-state index in [9.17, 15) is 5.11 Å². The van der Waals surface area contributed by atoms with Gasteiger partial charge in [0.1, 0.15) is 11.4 Å². The highest BCUT2D eigenvalue weighted by molar-refractivity contribution is 5.59. The maximum Gasteiger partial charge on any atom is 0.258 e. The summed E-state index contributed by atoms with van der Waals surface area (Å²) in [5.41, 5.74) is 1.15. The summed E-state index contributed by atoms with van der Waals surface area (Å²) in [4.78, 5) is 4.50. The number of phenolic OH excluding ortho intramolecular Hbond substituents is 1. The van der Waals surface area contributed by atoms with Crippen LogP contribution in [0.1, 0.15) is 24.2 Å². The Balaban J connectivity index is 1.95. The zero-order chi connectivity index (χ0) is 14.9. The second kappa shape index (κ2) is 5.46. The molecule has 1 aromatic heterocycles. The molecule has 0 spiro atoms. The summed E-state index contributed by atoms with van der Waals surface area (Å²) in [6.07, 6.45) is 1.41. The predicted octanol–water partition coefficient (Wildman–Crippen LogP) is 2.40. The van der Waals surface area contributed by atoms with E-state index >= 15 is 0 Å². The molecule has 1 aliphatic heterocycles. The van der Waals surface area contributed by atoms with Crippen molar-refractivity contribution in [3.8, 4) is 17.2 Å². The molecule has 3 rings (SSSR count). The van der Waals surface area contributed by atoms with Gasteiger partial charge in [-0.15, -0.1) is 0 Å². The molecule has 112 valence electrons. The van der Waals surface area contributed by atoms with Gasteiger partial charge in [-0.2, -0.15) is 4.98 Å². The lowest BCUT2D eigenvalue weighted by atomic mass is 9.93. The van der Waals surface area contributed by atoms with Gasteiger partial charge in [0.2, 0.25) is 5.82 Å². The number of hydrogen-bond acceptors (Lipinski definition) is 6. The van der Waals surface area contributed by atoms with E-state index in [1.807, 2.05) is 6.92 Å². The molecule has 6 nitrogen and oxygen atoms in total. The Morgan fingerprint density at radius 3 is 2.71 bits per heavy atom. The topological polar surface area (TPSA) is 77.6 Å². The summed E-state index contributed by atoms with van der Waals surface area (Å²) in [7, 11) is 1.66. The van der Waals surface area contributed by atoms with E-state index in [-0.39, 0.29) is 5.75 Å². The van der Waals surface area contributed by atoms with Gasteiger partial charge in [-0.25, -0.2) is 0 Å². The van der Waals surface area contributed by atoms with E-state index in [2.05, 4.69) is 10.1 Å². The number of nitrogens with zero attached hydrogens (tertiary/aromatic N) is 2. The third-order valence-corrected chi connectivity index (χ3v) is 3.97. The second-order valence-electron chi connectivity index (χ2n) is 5.23. The maximum absolute atomic E-state index is 9.47. The van der Waals surface area contributed by atoms with Crippen LogP contribution in [0.25, 0.3) is 11.5 Å². The van der Waals surface area contributed by atoms with Crippen molar-refractivity contribution in [1.82, 2.24) is 10.1 Å². The van der Waals surface area contributed by atoms with Crippen molar-refractivity contribution in [2.75, 3.05) is 20.3 Å². The number of aryl methyl sites for hydroxylation is 1. The first-order valence-corrected chi connectivity index (χ1v) is 6.92. The standard InChI is InChI=1S/C15H18N2O4/c1-10-9-11(18)3-4-12(10)13-16-14(17-21-13)15(19-2)5-7-20-8-6-15/h3-4,9,18H,5-8H2,1-2H3. The average Bonchev–Trinajstić information content (AvgIpc) is 2.98. The van der Waals surface area contributed by atoms with Crippen molar-refractivity contribution in [2.24, 2.45) is 0 Å². The number of ether oxygens (including phenoxy) is 2. The number of phenols is 1. The number of benzene rings is 1. The van der Waals surface area contributed by atoms with Gasteiger partial charge in [-0.1, -0.05) is 5.16 Å². The molecule has 2 heterocycles. The molecule has 0 aliphatic carbocycles. The van der Waals surface area contributed by atoms with Crippen LogP contribution >= 0.6 is 0 Å². The van der Waals surface area contributed by atoms with E-state index in [4.69, 9.17) is 14.0 Å². The smallest absolute Gasteiger partial charge is 0.258 e. The molecule has 0 saturated carbocycles. The van der Waals surface area contributed by atoms with Crippen LogP contribution in [0.4, 0.5) is 0 Å². The lowest BCUT2D eigenvalue weighted by Crippen LogP contribution is -2.36. The van der Waals surface area contributed by atoms with Crippen molar-refractivity contribution in [1.29, 1.82) is 0 Å². The van der Waals surface area contributed by atoms with Gasteiger partial charge in [-0.3, -0.25) is 0 Å². The first-order chi connectivity index (χ1) is 10.1. The van der Waals surface area contributed by atoms with Gasteiger partial charge < -0.3 is 19.1 Å². The zero-order valence-electron chi connectivity index (χ0n) is 12.1. The van der Waals surface area contributed by atoms with Crippen LogP contribution in [0.15, 0.2) is 22.7 Å². The minimum Gasteiger partial charge on any atom is -0.508 e. The zero-order valence-corrected chi connectivity index (χ0v) is 12.1. The third kappa shape index (κ3) is 2.52. The minimum atomic E-state index is -0.537. The molecule has 0 amide bonds. The third-order valence-electron chi connectivity index (χ3n) is 3.97. The fraction of sp³-hybridized carbons (Fsp3) is 0.467. The van der Waals surface area contributed by atoms with E-state index in [0.29, 0.717) is 37.8 Å². The molecule has 1 N–H and O–H groups in total. The van der Waals surface area contributed by atoms with Crippen LogP contribution in [0.2, 0.25) is 0 Å². The van der Waals surface area contributed by atoms with Crippen LogP contribution in [0.3, 0.4) is 0 Å². The van der Waals surface area contributed by atoms with Gasteiger partial charge in [0.25, 0.3) is 5.89 Å².